The van der Waals surface area contributed by atoms with Gasteiger partial charge in [-0.2, -0.15) is 0 Å². The topological polar surface area (TPSA) is 68.3 Å². The summed E-state index contributed by atoms with van der Waals surface area (Å²) in [7, 11) is 1.67. The van der Waals surface area contributed by atoms with Crippen molar-refractivity contribution in [2.75, 3.05) is 11.9 Å². The van der Waals surface area contributed by atoms with E-state index >= 15 is 0 Å². The van der Waals surface area contributed by atoms with Gasteiger partial charge in [-0.3, -0.25) is 14.2 Å². The Kier molecular flexibility index (Phi) is 4.05. The maximum Gasteiger partial charge on any atom is 0.254 e. The van der Waals surface area contributed by atoms with Crippen LogP contribution in [0.25, 0.3) is 11.5 Å². The van der Waals surface area contributed by atoms with Gasteiger partial charge >= 0.3 is 0 Å². The first-order valence-corrected chi connectivity index (χ1v) is 7.07. The zero-order valence-electron chi connectivity index (χ0n) is 12.5. The van der Waals surface area contributed by atoms with Gasteiger partial charge in [0.25, 0.3) is 5.56 Å². The molecule has 6 heteroatoms. The van der Waals surface area contributed by atoms with Gasteiger partial charge in [-0.05, 0) is 24.3 Å². The molecule has 116 valence electrons. The predicted octanol–water partition coefficient (Wildman–Crippen LogP) is 2.17. The van der Waals surface area contributed by atoms with Crippen molar-refractivity contribution >= 4 is 11.6 Å². The van der Waals surface area contributed by atoms with E-state index in [1.165, 1.54) is 28.1 Å². The molecule has 6 nitrogen and oxygen atoms in total. The number of aromatic nitrogens is 2. The number of amides is 1. The minimum absolute atomic E-state index is 0.0737. The van der Waals surface area contributed by atoms with Crippen molar-refractivity contribution in [1.29, 1.82) is 0 Å². The fraction of sp³-hybridized carbons (Fsp3) is 0.118. The highest BCUT2D eigenvalue weighted by Gasteiger charge is 2.13. The van der Waals surface area contributed by atoms with Crippen molar-refractivity contribution in [3.05, 3.63) is 71.5 Å². The lowest BCUT2D eigenvalue weighted by Gasteiger charge is -2.17. The molecule has 0 saturated carbocycles. The van der Waals surface area contributed by atoms with Crippen LogP contribution in [0.1, 0.15) is 0 Å². The molecule has 2 heterocycles. The Morgan fingerprint density at radius 3 is 2.65 bits per heavy atom. The molecule has 0 radical (unpaired) electrons. The van der Waals surface area contributed by atoms with Crippen molar-refractivity contribution < 1.29 is 9.21 Å². The molecule has 1 aromatic carbocycles. The average molecular weight is 309 g/mol. The second-order valence-corrected chi connectivity index (χ2v) is 5.01. The molecule has 0 atom stereocenters. The summed E-state index contributed by atoms with van der Waals surface area (Å²) in [4.78, 5) is 30.1. The fourth-order valence-electron chi connectivity index (χ4n) is 2.15. The summed E-state index contributed by atoms with van der Waals surface area (Å²) in [5.41, 5.74) is 0.909. The SMILES string of the molecule is CN(C(=O)Cn1cnc(-c2ccco2)cc1=O)c1ccccc1. The van der Waals surface area contributed by atoms with E-state index in [-0.39, 0.29) is 18.0 Å². The Bertz CT molecular complexity index is 854. The van der Waals surface area contributed by atoms with Crippen LogP contribution in [0, 0.1) is 0 Å². The van der Waals surface area contributed by atoms with E-state index in [9.17, 15) is 9.59 Å². The van der Waals surface area contributed by atoms with E-state index in [1.54, 1.807) is 19.2 Å². The molecule has 23 heavy (non-hydrogen) atoms. The van der Waals surface area contributed by atoms with Gasteiger partial charge in [0.1, 0.15) is 12.2 Å². The van der Waals surface area contributed by atoms with E-state index < -0.39 is 0 Å². The second kappa shape index (κ2) is 6.31. The van der Waals surface area contributed by atoms with Crippen LogP contribution >= 0.6 is 0 Å². The summed E-state index contributed by atoms with van der Waals surface area (Å²) >= 11 is 0. The van der Waals surface area contributed by atoms with Crippen LogP contribution in [0.3, 0.4) is 0 Å². The van der Waals surface area contributed by atoms with E-state index in [0.29, 0.717) is 11.5 Å². The molecule has 0 fully saturated rings. The van der Waals surface area contributed by atoms with Crippen LogP contribution in [0.15, 0.2) is 70.3 Å². The monoisotopic (exact) mass is 309 g/mol. The molecule has 1 amide bonds. The molecule has 0 N–H and O–H groups in total. The summed E-state index contributed by atoms with van der Waals surface area (Å²) in [5.74, 6) is 0.313. The number of anilines is 1. The zero-order chi connectivity index (χ0) is 16.2. The van der Waals surface area contributed by atoms with Gasteiger partial charge in [0, 0.05) is 18.8 Å². The molecule has 0 aliphatic heterocycles. The van der Waals surface area contributed by atoms with E-state index in [0.717, 1.165) is 5.69 Å². The number of hydrogen-bond acceptors (Lipinski definition) is 4. The van der Waals surface area contributed by atoms with Crippen LogP contribution in [-0.4, -0.2) is 22.5 Å². The van der Waals surface area contributed by atoms with Gasteiger partial charge in [0.05, 0.1) is 12.6 Å². The summed E-state index contributed by atoms with van der Waals surface area (Å²) in [5, 5.41) is 0. The number of likely N-dealkylation sites (N-methyl/N-ethyl adjacent to an activating group) is 1. The highest BCUT2D eigenvalue weighted by molar-refractivity contribution is 5.92. The summed E-state index contributed by atoms with van der Waals surface area (Å²) < 4.78 is 6.48. The Labute approximate surface area is 132 Å². The van der Waals surface area contributed by atoms with Crippen molar-refractivity contribution in [3.63, 3.8) is 0 Å². The minimum atomic E-state index is -0.304. The molecule has 2 aromatic heterocycles. The lowest BCUT2D eigenvalue weighted by atomic mass is 10.3. The Balaban J connectivity index is 1.78. The fourth-order valence-corrected chi connectivity index (χ4v) is 2.15. The smallest absolute Gasteiger partial charge is 0.254 e. The molecule has 0 spiro atoms. The molecule has 0 unspecified atom stereocenters. The molecule has 0 aliphatic rings. The van der Waals surface area contributed by atoms with Crippen LogP contribution in [0.5, 0.6) is 0 Å². The van der Waals surface area contributed by atoms with E-state index in [2.05, 4.69) is 4.98 Å². The largest absolute Gasteiger partial charge is 0.463 e. The van der Waals surface area contributed by atoms with Gasteiger partial charge in [0.2, 0.25) is 5.91 Å². The van der Waals surface area contributed by atoms with E-state index in [4.69, 9.17) is 4.42 Å². The number of carbonyl (C=O) groups is 1. The molecule has 3 aromatic rings. The van der Waals surface area contributed by atoms with Gasteiger partial charge < -0.3 is 9.32 Å². The number of hydrogen-bond donors (Lipinski definition) is 0. The normalized spacial score (nSPS) is 10.5. The van der Waals surface area contributed by atoms with Gasteiger partial charge in [-0.25, -0.2) is 4.98 Å². The van der Waals surface area contributed by atoms with E-state index in [1.807, 2.05) is 30.3 Å². The third-order valence-corrected chi connectivity index (χ3v) is 3.48. The van der Waals surface area contributed by atoms with Gasteiger partial charge in [0.15, 0.2) is 5.76 Å². The maximum atomic E-state index is 12.3. The standard InChI is InChI=1S/C17H15N3O3/c1-19(13-6-3-2-4-7-13)17(22)11-20-12-18-14(10-16(20)21)15-8-5-9-23-15/h2-10,12H,11H2,1H3. The van der Waals surface area contributed by atoms with Crippen molar-refractivity contribution in [3.8, 4) is 11.5 Å². The number of carbonyl (C=O) groups excluding carboxylic acids is 1. The van der Waals surface area contributed by atoms with Gasteiger partial charge in [-0.1, -0.05) is 18.2 Å². The van der Waals surface area contributed by atoms with Crippen LogP contribution < -0.4 is 10.5 Å². The number of rotatable bonds is 4. The first kappa shape index (κ1) is 14.8. The number of para-hydroxylation sites is 1. The zero-order valence-corrected chi connectivity index (χ0v) is 12.5. The highest BCUT2D eigenvalue weighted by Crippen LogP contribution is 2.15. The van der Waals surface area contributed by atoms with Gasteiger partial charge in [-0.15, -0.1) is 0 Å². The Hall–Kier alpha value is -3.15. The number of benzene rings is 1. The first-order valence-electron chi connectivity index (χ1n) is 7.07. The molecular weight excluding hydrogens is 294 g/mol. The lowest BCUT2D eigenvalue weighted by Crippen LogP contribution is -2.33. The van der Waals surface area contributed by atoms with Crippen LogP contribution in [0.4, 0.5) is 5.69 Å². The molecule has 0 aliphatic carbocycles. The predicted molar refractivity (Wildman–Crippen MR) is 86.1 cm³/mol. The number of furan rings is 1. The van der Waals surface area contributed by atoms with Crippen LogP contribution in [0.2, 0.25) is 0 Å². The number of nitrogens with zero attached hydrogens (tertiary/aromatic N) is 3. The Morgan fingerprint density at radius 1 is 1.22 bits per heavy atom. The summed E-state index contributed by atoms with van der Waals surface area (Å²) in [6.45, 7) is -0.0737. The molecule has 0 saturated heterocycles. The quantitative estimate of drug-likeness (QED) is 0.740. The van der Waals surface area contributed by atoms with Crippen molar-refractivity contribution in [1.82, 2.24) is 9.55 Å². The molecule has 3 rings (SSSR count). The van der Waals surface area contributed by atoms with Crippen LogP contribution in [-0.2, 0) is 11.3 Å². The average Bonchev–Trinajstić information content (AvgIpc) is 3.11. The second-order valence-electron chi connectivity index (χ2n) is 5.01. The third kappa shape index (κ3) is 3.21. The summed E-state index contributed by atoms with van der Waals surface area (Å²) in [6.07, 6.45) is 2.87. The lowest BCUT2D eigenvalue weighted by molar-refractivity contribution is -0.118. The molecular formula is C17H15N3O3. The first-order chi connectivity index (χ1) is 11.1. The summed E-state index contributed by atoms with van der Waals surface area (Å²) in [6, 6.07) is 14.0. The maximum absolute atomic E-state index is 12.3. The minimum Gasteiger partial charge on any atom is -0.463 e. The van der Waals surface area contributed by atoms with Crippen molar-refractivity contribution in [2.24, 2.45) is 0 Å². The molecule has 0 bridgehead atoms. The highest BCUT2D eigenvalue weighted by atomic mass is 16.3. The Morgan fingerprint density at radius 2 is 2.00 bits per heavy atom. The third-order valence-electron chi connectivity index (χ3n) is 3.48. The van der Waals surface area contributed by atoms with Crippen molar-refractivity contribution in [2.45, 2.75) is 6.54 Å².